The Hall–Kier alpha value is -0.610. The Balaban J connectivity index is 2.11. The molecule has 0 aliphatic carbocycles. The number of hydrogen-bond donors (Lipinski definition) is 1. The molecule has 0 bridgehead atoms. The van der Waals surface area contributed by atoms with Gasteiger partial charge < -0.3 is 15.0 Å². The summed E-state index contributed by atoms with van der Waals surface area (Å²) in [5, 5.41) is 4.19. The standard InChI is InChI=1S/C13H21ClN2O/c1-16(8-9-17-2)7-6-15-11-12-4-3-5-13(14)10-12/h3-5,10,15H,6-9,11H2,1-2H3. The molecular formula is C13H21ClN2O. The van der Waals surface area contributed by atoms with Crippen molar-refractivity contribution >= 4 is 11.6 Å². The van der Waals surface area contributed by atoms with Crippen molar-refractivity contribution in [3.05, 3.63) is 34.9 Å². The van der Waals surface area contributed by atoms with Gasteiger partial charge in [-0.25, -0.2) is 0 Å². The van der Waals surface area contributed by atoms with Gasteiger partial charge in [0.1, 0.15) is 0 Å². The molecule has 1 N–H and O–H groups in total. The minimum atomic E-state index is 0.783. The molecule has 0 aromatic heterocycles. The topological polar surface area (TPSA) is 24.5 Å². The summed E-state index contributed by atoms with van der Waals surface area (Å²) in [6.45, 7) is 4.59. The number of rotatable bonds is 8. The Morgan fingerprint density at radius 1 is 1.35 bits per heavy atom. The minimum absolute atomic E-state index is 0.783. The molecule has 0 saturated carbocycles. The van der Waals surface area contributed by atoms with Crippen molar-refractivity contribution < 1.29 is 4.74 Å². The van der Waals surface area contributed by atoms with Crippen LogP contribution in [0.25, 0.3) is 0 Å². The van der Waals surface area contributed by atoms with Crippen LogP contribution in [0.2, 0.25) is 5.02 Å². The Morgan fingerprint density at radius 2 is 2.18 bits per heavy atom. The summed E-state index contributed by atoms with van der Waals surface area (Å²) in [6, 6.07) is 7.93. The summed E-state index contributed by atoms with van der Waals surface area (Å²) in [7, 11) is 3.82. The summed E-state index contributed by atoms with van der Waals surface area (Å²) in [5.41, 5.74) is 1.22. The second-order valence-corrected chi connectivity index (χ2v) is 4.54. The van der Waals surface area contributed by atoms with E-state index >= 15 is 0 Å². The third-order valence-corrected chi connectivity index (χ3v) is 2.80. The lowest BCUT2D eigenvalue weighted by atomic mass is 10.2. The van der Waals surface area contributed by atoms with Crippen molar-refractivity contribution in [2.45, 2.75) is 6.54 Å². The van der Waals surface area contributed by atoms with Crippen molar-refractivity contribution in [1.82, 2.24) is 10.2 Å². The van der Waals surface area contributed by atoms with Gasteiger partial charge in [0.15, 0.2) is 0 Å². The van der Waals surface area contributed by atoms with Crippen molar-refractivity contribution in [3.8, 4) is 0 Å². The van der Waals surface area contributed by atoms with Gasteiger partial charge in [-0.05, 0) is 24.7 Å². The first kappa shape index (κ1) is 14.5. The van der Waals surface area contributed by atoms with Gasteiger partial charge in [-0.3, -0.25) is 0 Å². The van der Waals surface area contributed by atoms with E-state index in [0.29, 0.717) is 0 Å². The number of hydrogen-bond acceptors (Lipinski definition) is 3. The van der Waals surface area contributed by atoms with Gasteiger partial charge in [0.25, 0.3) is 0 Å². The summed E-state index contributed by atoms with van der Waals surface area (Å²) < 4.78 is 5.02. The Kier molecular flexibility index (Phi) is 7.21. The van der Waals surface area contributed by atoms with Crippen LogP contribution in [0.5, 0.6) is 0 Å². The van der Waals surface area contributed by atoms with Crippen LogP contribution < -0.4 is 5.32 Å². The number of halogens is 1. The highest BCUT2D eigenvalue weighted by atomic mass is 35.5. The van der Waals surface area contributed by atoms with Crippen molar-refractivity contribution in [3.63, 3.8) is 0 Å². The number of nitrogens with zero attached hydrogens (tertiary/aromatic N) is 1. The fourth-order valence-corrected chi connectivity index (χ4v) is 1.72. The second kappa shape index (κ2) is 8.48. The molecule has 1 aromatic rings. The SMILES string of the molecule is COCCN(C)CCNCc1cccc(Cl)c1. The second-order valence-electron chi connectivity index (χ2n) is 4.10. The minimum Gasteiger partial charge on any atom is -0.383 e. The van der Waals surface area contributed by atoms with Crippen LogP contribution in [0.3, 0.4) is 0 Å². The molecule has 0 amide bonds. The lowest BCUT2D eigenvalue weighted by Crippen LogP contribution is -2.31. The average Bonchev–Trinajstić information content (AvgIpc) is 2.32. The predicted molar refractivity (Wildman–Crippen MR) is 72.5 cm³/mol. The van der Waals surface area contributed by atoms with E-state index in [1.54, 1.807) is 7.11 Å². The fraction of sp³-hybridized carbons (Fsp3) is 0.538. The molecule has 0 aliphatic rings. The molecule has 1 rings (SSSR count). The maximum absolute atomic E-state index is 5.92. The highest BCUT2D eigenvalue weighted by molar-refractivity contribution is 6.30. The molecule has 0 unspecified atom stereocenters. The van der Waals surface area contributed by atoms with E-state index in [4.69, 9.17) is 16.3 Å². The van der Waals surface area contributed by atoms with Gasteiger partial charge in [-0.1, -0.05) is 23.7 Å². The average molecular weight is 257 g/mol. The zero-order valence-electron chi connectivity index (χ0n) is 10.6. The van der Waals surface area contributed by atoms with Gasteiger partial charge in [0, 0.05) is 38.3 Å². The molecule has 0 spiro atoms. The molecule has 0 radical (unpaired) electrons. The highest BCUT2D eigenvalue weighted by Crippen LogP contribution is 2.09. The van der Waals surface area contributed by atoms with E-state index in [9.17, 15) is 0 Å². The largest absolute Gasteiger partial charge is 0.383 e. The number of methoxy groups -OCH3 is 1. The molecule has 0 atom stereocenters. The van der Waals surface area contributed by atoms with Crippen LogP contribution in [0.15, 0.2) is 24.3 Å². The quantitative estimate of drug-likeness (QED) is 0.720. The first-order chi connectivity index (χ1) is 8.22. The molecular weight excluding hydrogens is 236 g/mol. The fourth-order valence-electron chi connectivity index (χ4n) is 1.51. The van der Waals surface area contributed by atoms with Crippen LogP contribution >= 0.6 is 11.6 Å². The van der Waals surface area contributed by atoms with Crippen molar-refractivity contribution in [1.29, 1.82) is 0 Å². The van der Waals surface area contributed by atoms with Crippen LogP contribution in [0, 0.1) is 0 Å². The maximum atomic E-state index is 5.92. The van der Waals surface area contributed by atoms with E-state index in [1.165, 1.54) is 5.56 Å². The number of benzene rings is 1. The van der Waals surface area contributed by atoms with Crippen LogP contribution in [0.1, 0.15) is 5.56 Å². The molecule has 17 heavy (non-hydrogen) atoms. The van der Waals surface area contributed by atoms with Crippen molar-refractivity contribution in [2.24, 2.45) is 0 Å². The zero-order chi connectivity index (χ0) is 12.5. The predicted octanol–water partition coefficient (Wildman–Crippen LogP) is 2.01. The zero-order valence-corrected chi connectivity index (χ0v) is 11.3. The Morgan fingerprint density at radius 3 is 2.88 bits per heavy atom. The monoisotopic (exact) mass is 256 g/mol. The van der Waals surface area contributed by atoms with Gasteiger partial charge >= 0.3 is 0 Å². The van der Waals surface area contributed by atoms with E-state index < -0.39 is 0 Å². The molecule has 0 heterocycles. The molecule has 1 aromatic carbocycles. The summed E-state index contributed by atoms with van der Waals surface area (Å²) in [6.07, 6.45) is 0. The summed E-state index contributed by atoms with van der Waals surface area (Å²) in [4.78, 5) is 2.24. The first-order valence-corrected chi connectivity index (χ1v) is 6.23. The first-order valence-electron chi connectivity index (χ1n) is 5.85. The number of ether oxygens (including phenoxy) is 1. The van der Waals surface area contributed by atoms with Gasteiger partial charge in [0.05, 0.1) is 6.61 Å². The van der Waals surface area contributed by atoms with E-state index in [-0.39, 0.29) is 0 Å². The normalized spacial score (nSPS) is 11.1. The molecule has 0 saturated heterocycles. The van der Waals surface area contributed by atoms with Gasteiger partial charge in [0.2, 0.25) is 0 Å². The van der Waals surface area contributed by atoms with Gasteiger partial charge in [-0.2, -0.15) is 0 Å². The third-order valence-electron chi connectivity index (χ3n) is 2.57. The molecule has 0 aliphatic heterocycles. The van der Waals surface area contributed by atoms with E-state index in [1.807, 2.05) is 18.2 Å². The van der Waals surface area contributed by atoms with Crippen LogP contribution in [-0.2, 0) is 11.3 Å². The van der Waals surface area contributed by atoms with E-state index in [0.717, 1.165) is 37.8 Å². The third kappa shape index (κ3) is 6.64. The van der Waals surface area contributed by atoms with Crippen LogP contribution in [0.4, 0.5) is 0 Å². The molecule has 96 valence electrons. The maximum Gasteiger partial charge on any atom is 0.0589 e. The lowest BCUT2D eigenvalue weighted by molar-refractivity contribution is 0.161. The number of nitrogens with one attached hydrogen (secondary N) is 1. The smallest absolute Gasteiger partial charge is 0.0589 e. The number of likely N-dealkylation sites (N-methyl/N-ethyl adjacent to an activating group) is 1. The molecule has 3 nitrogen and oxygen atoms in total. The van der Waals surface area contributed by atoms with Crippen molar-refractivity contribution in [2.75, 3.05) is 40.4 Å². The summed E-state index contributed by atoms with van der Waals surface area (Å²) in [5.74, 6) is 0. The molecule has 0 fully saturated rings. The van der Waals surface area contributed by atoms with E-state index in [2.05, 4.69) is 23.3 Å². The van der Waals surface area contributed by atoms with Crippen LogP contribution in [-0.4, -0.2) is 45.3 Å². The van der Waals surface area contributed by atoms with Gasteiger partial charge in [-0.15, -0.1) is 0 Å². The summed E-state index contributed by atoms with van der Waals surface area (Å²) >= 11 is 5.92. The lowest BCUT2D eigenvalue weighted by Gasteiger charge is -2.16. The Labute approximate surface area is 109 Å². The highest BCUT2D eigenvalue weighted by Gasteiger charge is 1.97. The Bertz CT molecular complexity index is 320. The molecule has 4 heteroatoms.